The minimum Gasteiger partial charge on any atom is -0.282 e. The van der Waals surface area contributed by atoms with E-state index in [-0.39, 0.29) is 0 Å². The molecule has 0 bridgehead atoms. The Morgan fingerprint density at radius 3 is 0.410 bits per heavy atom. The summed E-state index contributed by atoms with van der Waals surface area (Å²) in [5.74, 6) is 0. The SMILES string of the molecule is c1ccc(P(=N[SiH](N=P(c2ccccc2)(c2ccccc2)c2ccccc2)N=P(c2ccccc2)(c2ccccc2)c2ccccc2)(c2ccccc2)c2ccccc2)cc1. The van der Waals surface area contributed by atoms with Gasteiger partial charge in [0.15, 0.2) is 0 Å². The fourth-order valence-electron chi connectivity index (χ4n) is 8.27. The van der Waals surface area contributed by atoms with Crippen molar-refractivity contribution < 1.29 is 0 Å². The van der Waals surface area contributed by atoms with E-state index in [2.05, 4.69) is 273 Å². The smallest absolute Gasteiger partial charge is 0.282 e. The summed E-state index contributed by atoms with van der Waals surface area (Å²) < 4.78 is 19.5. The van der Waals surface area contributed by atoms with E-state index in [1.807, 2.05) is 0 Å². The van der Waals surface area contributed by atoms with Crippen LogP contribution in [-0.2, 0) is 0 Å². The van der Waals surface area contributed by atoms with Crippen molar-refractivity contribution in [3.8, 4) is 0 Å². The van der Waals surface area contributed by atoms with Gasteiger partial charge in [0.1, 0.15) is 0 Å². The predicted molar refractivity (Wildman–Crippen MR) is 270 cm³/mol. The van der Waals surface area contributed by atoms with E-state index in [1.165, 1.54) is 47.7 Å². The van der Waals surface area contributed by atoms with Gasteiger partial charge in [0.2, 0.25) is 0 Å². The van der Waals surface area contributed by atoms with Gasteiger partial charge in [-0.3, -0.25) is 13.2 Å². The van der Waals surface area contributed by atoms with Crippen LogP contribution in [0, 0.1) is 0 Å². The van der Waals surface area contributed by atoms with Crippen molar-refractivity contribution in [3.63, 3.8) is 0 Å². The summed E-state index contributed by atoms with van der Waals surface area (Å²) in [6.45, 7) is 0. The molecule has 7 heteroatoms. The van der Waals surface area contributed by atoms with Crippen molar-refractivity contribution in [2.75, 3.05) is 0 Å². The first-order valence-electron chi connectivity index (χ1n) is 20.6. The monoisotopic (exact) mass is 857 g/mol. The average Bonchev–Trinajstić information content (AvgIpc) is 3.36. The van der Waals surface area contributed by atoms with Crippen LogP contribution in [0.3, 0.4) is 0 Å². The molecule has 9 aromatic carbocycles. The van der Waals surface area contributed by atoms with E-state index in [0.717, 1.165) is 0 Å². The molecule has 0 amide bonds. The largest absolute Gasteiger partial charge is 0.417 e. The zero-order chi connectivity index (χ0) is 41.2. The average molecular weight is 858 g/mol. The van der Waals surface area contributed by atoms with Crippen LogP contribution in [0.5, 0.6) is 0 Å². The molecular weight excluding hydrogens is 812 g/mol. The van der Waals surface area contributed by atoms with Crippen molar-refractivity contribution in [1.29, 1.82) is 0 Å². The van der Waals surface area contributed by atoms with Gasteiger partial charge in [-0.2, -0.15) is 0 Å². The van der Waals surface area contributed by atoms with Crippen LogP contribution in [0.15, 0.2) is 286 Å². The van der Waals surface area contributed by atoms with Gasteiger partial charge in [-0.05, 0) is 47.7 Å². The fourth-order valence-corrected chi connectivity index (χ4v) is 26.7. The molecule has 0 radical (unpaired) electrons. The van der Waals surface area contributed by atoms with E-state index in [4.69, 9.17) is 13.2 Å². The van der Waals surface area contributed by atoms with Crippen LogP contribution < -0.4 is 47.7 Å². The van der Waals surface area contributed by atoms with Crippen molar-refractivity contribution in [2.45, 2.75) is 0 Å². The first kappa shape index (κ1) is 40.3. The molecule has 0 spiro atoms. The van der Waals surface area contributed by atoms with E-state index in [9.17, 15) is 0 Å². The van der Waals surface area contributed by atoms with Gasteiger partial charge >= 0.3 is 9.28 Å². The third-order valence-corrected chi connectivity index (χ3v) is 27.0. The van der Waals surface area contributed by atoms with Crippen LogP contribution >= 0.6 is 21.2 Å². The Labute approximate surface area is 362 Å². The van der Waals surface area contributed by atoms with Crippen LogP contribution in [-0.4, -0.2) is 9.28 Å². The lowest BCUT2D eigenvalue weighted by Crippen LogP contribution is -2.31. The number of benzene rings is 9. The molecule has 9 rings (SSSR count). The second kappa shape index (κ2) is 18.7. The third-order valence-electron chi connectivity index (χ3n) is 11.0. The Morgan fingerprint density at radius 2 is 0.295 bits per heavy atom. The van der Waals surface area contributed by atoms with Gasteiger partial charge < -0.3 is 0 Å². The van der Waals surface area contributed by atoms with Gasteiger partial charge in [-0.1, -0.05) is 273 Å². The summed E-state index contributed by atoms with van der Waals surface area (Å²) in [6.07, 6.45) is 0. The van der Waals surface area contributed by atoms with Crippen molar-refractivity contribution in [2.24, 2.45) is 13.2 Å². The molecule has 0 aliphatic rings. The first-order valence-corrected chi connectivity index (χ1v) is 27.4. The Kier molecular flexibility index (Phi) is 12.3. The highest BCUT2D eigenvalue weighted by Crippen LogP contribution is 2.54. The summed E-state index contributed by atoms with van der Waals surface area (Å²) in [6, 6.07) is 98.5. The highest BCUT2D eigenvalue weighted by Gasteiger charge is 2.36. The van der Waals surface area contributed by atoms with E-state index < -0.39 is 30.4 Å². The molecule has 0 N–H and O–H groups in total. The summed E-state index contributed by atoms with van der Waals surface area (Å²) in [7, 11) is -11.5. The Morgan fingerprint density at radius 1 is 0.180 bits per heavy atom. The highest BCUT2D eigenvalue weighted by atomic mass is 31.2. The molecule has 0 saturated heterocycles. The molecule has 0 fully saturated rings. The lowest BCUT2D eigenvalue weighted by molar-refractivity contribution is 1.56. The Bertz CT molecular complexity index is 2320. The lowest BCUT2D eigenvalue weighted by atomic mass is 10.4. The topological polar surface area (TPSA) is 37.1 Å². The molecular formula is C54H46N3P3Si. The molecule has 296 valence electrons. The molecule has 0 atom stereocenters. The molecule has 3 nitrogen and oxygen atoms in total. The van der Waals surface area contributed by atoms with Gasteiger partial charge in [0, 0.05) is 21.2 Å². The van der Waals surface area contributed by atoms with E-state index in [1.54, 1.807) is 0 Å². The standard InChI is InChI=1S/C54H46N3P3Si/c1-10-28-46(29-11-1)58(47-30-12-2-13-31-47,48-32-14-3-15-33-48)55-61(56-59(49-34-16-4-17-35-49,50-36-18-5-19-37-50)51-38-20-6-21-39-51)57-60(52-40-22-7-23-41-52,53-42-24-8-25-43-53)54-44-26-9-27-45-54/h1-45,61H. The van der Waals surface area contributed by atoms with Crippen LogP contribution in [0.4, 0.5) is 0 Å². The molecule has 0 aromatic heterocycles. The molecule has 0 unspecified atom stereocenters. The number of rotatable bonds is 12. The third kappa shape index (κ3) is 7.97. The van der Waals surface area contributed by atoms with Crippen LogP contribution in [0.25, 0.3) is 0 Å². The predicted octanol–water partition coefficient (Wildman–Crippen LogP) is 10.2. The van der Waals surface area contributed by atoms with E-state index >= 15 is 0 Å². The fraction of sp³-hybridized carbons (Fsp3) is 0. The molecule has 0 aliphatic carbocycles. The minimum absolute atomic E-state index is 1.18. The van der Waals surface area contributed by atoms with E-state index in [0.29, 0.717) is 0 Å². The van der Waals surface area contributed by atoms with Gasteiger partial charge in [0.25, 0.3) is 0 Å². The van der Waals surface area contributed by atoms with Crippen molar-refractivity contribution in [3.05, 3.63) is 273 Å². The molecule has 0 heterocycles. The zero-order valence-electron chi connectivity index (χ0n) is 33.7. The maximum Gasteiger partial charge on any atom is 0.417 e. The summed E-state index contributed by atoms with van der Waals surface area (Å²) >= 11 is 0. The quantitative estimate of drug-likeness (QED) is 0.0867. The minimum atomic E-state index is -3.11. The lowest BCUT2D eigenvalue weighted by Gasteiger charge is -2.33. The Balaban J connectivity index is 1.57. The normalized spacial score (nSPS) is 11.8. The Hall–Kier alpha value is -6.11. The molecule has 61 heavy (non-hydrogen) atoms. The molecule has 0 saturated carbocycles. The number of hydrogen-bond acceptors (Lipinski definition) is 3. The summed E-state index contributed by atoms with van der Waals surface area (Å²) in [5.41, 5.74) is 0. The van der Waals surface area contributed by atoms with Gasteiger partial charge in [-0.15, -0.1) is 0 Å². The van der Waals surface area contributed by atoms with Crippen molar-refractivity contribution in [1.82, 2.24) is 0 Å². The van der Waals surface area contributed by atoms with Crippen LogP contribution in [0.2, 0.25) is 0 Å². The van der Waals surface area contributed by atoms with Gasteiger partial charge in [-0.25, -0.2) is 0 Å². The molecule has 9 aromatic rings. The maximum atomic E-state index is 6.51. The highest BCUT2D eigenvalue weighted by molar-refractivity contribution is 7.90. The second-order valence-electron chi connectivity index (χ2n) is 14.6. The number of hydrogen-bond donors (Lipinski definition) is 0. The van der Waals surface area contributed by atoms with Crippen LogP contribution in [0.1, 0.15) is 0 Å². The summed E-state index contributed by atoms with van der Waals surface area (Å²) in [4.78, 5) is 0. The second-order valence-corrected chi connectivity index (χ2v) is 26.5. The maximum absolute atomic E-state index is 6.51. The van der Waals surface area contributed by atoms with Gasteiger partial charge in [0.05, 0.1) is 0 Å². The van der Waals surface area contributed by atoms with Crippen molar-refractivity contribution >= 4 is 78.2 Å². The molecule has 0 aliphatic heterocycles. The summed E-state index contributed by atoms with van der Waals surface area (Å²) in [5, 5.41) is 10.6. The first-order chi connectivity index (χ1) is 30.2. The number of nitrogens with zero attached hydrogens (tertiary/aromatic N) is 3. The zero-order valence-corrected chi connectivity index (χ0v) is 37.6.